The molecule has 7 heteroatoms. The number of nitrogens with one attached hydrogen (secondary N) is 1. The SMILES string of the molecule is N#Cc1cccc(C[C@H](NC(=O)c2ccc(Cl)s2)C(=O)O)c1. The predicted octanol–water partition coefficient (Wildman–Crippen LogP) is 2.70. The third kappa shape index (κ3) is 4.07. The molecular weight excluding hydrogens is 324 g/mol. The Hall–Kier alpha value is -2.36. The molecule has 0 aliphatic rings. The summed E-state index contributed by atoms with van der Waals surface area (Å²) in [6.45, 7) is 0. The molecule has 1 atom stereocenters. The van der Waals surface area contributed by atoms with Gasteiger partial charge in [-0.1, -0.05) is 23.7 Å². The summed E-state index contributed by atoms with van der Waals surface area (Å²) in [5.74, 6) is -1.63. The number of nitrogens with zero attached hydrogens (tertiary/aromatic N) is 1. The van der Waals surface area contributed by atoms with E-state index in [0.717, 1.165) is 11.3 Å². The molecular formula is C15H11ClN2O3S. The molecule has 0 saturated heterocycles. The van der Waals surface area contributed by atoms with Crippen molar-refractivity contribution >= 4 is 34.8 Å². The van der Waals surface area contributed by atoms with E-state index in [1.807, 2.05) is 6.07 Å². The second-order valence-electron chi connectivity index (χ2n) is 4.48. The summed E-state index contributed by atoms with van der Waals surface area (Å²) in [6, 6.07) is 10.6. The van der Waals surface area contributed by atoms with Crippen LogP contribution in [0.25, 0.3) is 0 Å². The number of thiophene rings is 1. The number of carbonyl (C=O) groups is 2. The van der Waals surface area contributed by atoms with E-state index in [1.165, 1.54) is 6.07 Å². The molecule has 1 aromatic carbocycles. The standard InChI is InChI=1S/C15H11ClN2O3S/c16-13-5-4-12(22-13)14(19)18-11(15(20)21)7-9-2-1-3-10(6-9)8-17/h1-6,11H,7H2,(H,18,19)(H,20,21)/t11-/m0/s1. The lowest BCUT2D eigenvalue weighted by Crippen LogP contribution is -2.42. The first-order valence-corrected chi connectivity index (χ1v) is 7.47. The first kappa shape index (κ1) is 16.0. The third-order valence-corrected chi connectivity index (χ3v) is 4.13. The maximum atomic E-state index is 12.0. The Bertz CT molecular complexity index is 751. The molecule has 0 fully saturated rings. The van der Waals surface area contributed by atoms with Gasteiger partial charge in [0.15, 0.2) is 0 Å². The van der Waals surface area contributed by atoms with E-state index in [4.69, 9.17) is 16.9 Å². The van der Waals surface area contributed by atoms with Crippen LogP contribution in [-0.2, 0) is 11.2 Å². The van der Waals surface area contributed by atoms with Crippen molar-refractivity contribution in [2.75, 3.05) is 0 Å². The van der Waals surface area contributed by atoms with Gasteiger partial charge in [-0.15, -0.1) is 11.3 Å². The van der Waals surface area contributed by atoms with Crippen molar-refractivity contribution in [1.82, 2.24) is 5.32 Å². The Morgan fingerprint density at radius 3 is 2.73 bits per heavy atom. The number of hydrogen-bond donors (Lipinski definition) is 2. The van der Waals surface area contributed by atoms with Crippen LogP contribution in [0.2, 0.25) is 4.34 Å². The first-order chi connectivity index (χ1) is 10.5. The van der Waals surface area contributed by atoms with Crippen LogP contribution in [0.3, 0.4) is 0 Å². The normalized spacial score (nSPS) is 11.5. The van der Waals surface area contributed by atoms with Gasteiger partial charge in [0, 0.05) is 6.42 Å². The summed E-state index contributed by atoms with van der Waals surface area (Å²) in [6.07, 6.45) is 0.0930. The number of benzene rings is 1. The van der Waals surface area contributed by atoms with Crippen molar-refractivity contribution in [2.45, 2.75) is 12.5 Å². The number of halogens is 1. The van der Waals surface area contributed by atoms with Crippen molar-refractivity contribution in [3.8, 4) is 6.07 Å². The van der Waals surface area contributed by atoms with Gasteiger partial charge in [0.25, 0.3) is 5.91 Å². The minimum absolute atomic E-state index is 0.0930. The highest BCUT2D eigenvalue weighted by Crippen LogP contribution is 2.21. The average Bonchev–Trinajstić information content (AvgIpc) is 2.93. The summed E-state index contributed by atoms with van der Waals surface area (Å²) in [5.41, 5.74) is 1.11. The van der Waals surface area contributed by atoms with Crippen molar-refractivity contribution < 1.29 is 14.7 Å². The number of nitriles is 1. The smallest absolute Gasteiger partial charge is 0.326 e. The lowest BCUT2D eigenvalue weighted by Gasteiger charge is -2.14. The van der Waals surface area contributed by atoms with Gasteiger partial charge in [0.05, 0.1) is 20.8 Å². The number of rotatable bonds is 5. The summed E-state index contributed by atoms with van der Waals surface area (Å²) in [5, 5.41) is 20.6. The van der Waals surface area contributed by atoms with Crippen LogP contribution in [-0.4, -0.2) is 23.0 Å². The quantitative estimate of drug-likeness (QED) is 0.879. The number of carboxylic acids is 1. The molecule has 1 amide bonds. The number of amides is 1. The molecule has 2 rings (SSSR count). The second-order valence-corrected chi connectivity index (χ2v) is 6.20. The van der Waals surface area contributed by atoms with Gasteiger partial charge < -0.3 is 10.4 Å². The van der Waals surface area contributed by atoms with Gasteiger partial charge in [-0.2, -0.15) is 5.26 Å². The minimum atomic E-state index is -1.14. The fraction of sp³-hybridized carbons (Fsp3) is 0.133. The van der Waals surface area contributed by atoms with Crippen molar-refractivity contribution in [1.29, 1.82) is 5.26 Å². The lowest BCUT2D eigenvalue weighted by atomic mass is 10.0. The molecule has 5 nitrogen and oxygen atoms in total. The van der Waals surface area contributed by atoms with Crippen molar-refractivity contribution in [3.63, 3.8) is 0 Å². The summed E-state index contributed by atoms with van der Waals surface area (Å²) >= 11 is 6.84. The molecule has 0 bridgehead atoms. The van der Waals surface area contributed by atoms with Gasteiger partial charge >= 0.3 is 5.97 Å². The van der Waals surface area contributed by atoms with E-state index in [0.29, 0.717) is 20.3 Å². The van der Waals surface area contributed by atoms with Crippen LogP contribution in [0.1, 0.15) is 20.8 Å². The van der Waals surface area contributed by atoms with E-state index in [2.05, 4.69) is 5.32 Å². The highest BCUT2D eigenvalue weighted by atomic mass is 35.5. The van der Waals surface area contributed by atoms with Gasteiger partial charge in [-0.3, -0.25) is 4.79 Å². The number of aliphatic carboxylic acids is 1. The fourth-order valence-electron chi connectivity index (χ4n) is 1.87. The van der Waals surface area contributed by atoms with Gasteiger partial charge in [0.2, 0.25) is 0 Å². The molecule has 0 aliphatic carbocycles. The van der Waals surface area contributed by atoms with Crippen LogP contribution in [0.4, 0.5) is 0 Å². The second kappa shape index (κ2) is 7.07. The molecule has 0 radical (unpaired) electrons. The maximum Gasteiger partial charge on any atom is 0.326 e. The Morgan fingerprint density at radius 1 is 1.36 bits per heavy atom. The molecule has 112 valence electrons. The molecule has 0 spiro atoms. The van der Waals surface area contributed by atoms with Crippen molar-refractivity contribution in [2.24, 2.45) is 0 Å². The predicted molar refractivity (Wildman–Crippen MR) is 83.1 cm³/mol. The van der Waals surface area contributed by atoms with Crippen LogP contribution < -0.4 is 5.32 Å². The number of hydrogen-bond acceptors (Lipinski definition) is 4. The molecule has 22 heavy (non-hydrogen) atoms. The topological polar surface area (TPSA) is 90.2 Å². The fourth-order valence-corrected chi connectivity index (χ4v) is 2.82. The Morgan fingerprint density at radius 2 is 2.14 bits per heavy atom. The number of carboxylic acid groups (broad SMARTS) is 1. The van der Waals surface area contributed by atoms with E-state index in [9.17, 15) is 14.7 Å². The molecule has 2 N–H and O–H groups in total. The monoisotopic (exact) mass is 334 g/mol. The minimum Gasteiger partial charge on any atom is -0.480 e. The molecule has 0 saturated carbocycles. The summed E-state index contributed by atoms with van der Waals surface area (Å²) in [7, 11) is 0. The van der Waals surface area contributed by atoms with E-state index in [-0.39, 0.29) is 6.42 Å². The van der Waals surface area contributed by atoms with Crippen molar-refractivity contribution in [3.05, 3.63) is 56.7 Å². The molecule has 1 aromatic heterocycles. The summed E-state index contributed by atoms with van der Waals surface area (Å²) in [4.78, 5) is 23.7. The first-order valence-electron chi connectivity index (χ1n) is 6.27. The zero-order valence-electron chi connectivity index (χ0n) is 11.2. The van der Waals surface area contributed by atoms with E-state index >= 15 is 0 Å². The molecule has 2 aromatic rings. The van der Waals surface area contributed by atoms with Crippen LogP contribution in [0.5, 0.6) is 0 Å². The maximum absolute atomic E-state index is 12.0. The van der Waals surface area contributed by atoms with Crippen LogP contribution in [0, 0.1) is 11.3 Å². The highest BCUT2D eigenvalue weighted by Gasteiger charge is 2.22. The lowest BCUT2D eigenvalue weighted by molar-refractivity contribution is -0.139. The van der Waals surface area contributed by atoms with Gasteiger partial charge in [-0.05, 0) is 29.8 Å². The molecule has 1 heterocycles. The Kier molecular flexibility index (Phi) is 5.15. The zero-order chi connectivity index (χ0) is 16.1. The van der Waals surface area contributed by atoms with Crippen LogP contribution in [0.15, 0.2) is 36.4 Å². The van der Waals surface area contributed by atoms with Gasteiger partial charge in [-0.25, -0.2) is 4.79 Å². The van der Waals surface area contributed by atoms with E-state index < -0.39 is 17.9 Å². The highest BCUT2D eigenvalue weighted by molar-refractivity contribution is 7.18. The summed E-state index contributed by atoms with van der Waals surface area (Å²) < 4.78 is 0.457. The third-order valence-electron chi connectivity index (χ3n) is 2.90. The van der Waals surface area contributed by atoms with Crippen LogP contribution >= 0.6 is 22.9 Å². The zero-order valence-corrected chi connectivity index (χ0v) is 12.8. The van der Waals surface area contributed by atoms with E-state index in [1.54, 1.807) is 30.3 Å². The molecule has 0 unspecified atom stereocenters. The Balaban J connectivity index is 2.11. The average molecular weight is 335 g/mol. The largest absolute Gasteiger partial charge is 0.480 e. The number of carbonyl (C=O) groups excluding carboxylic acids is 1. The molecule has 0 aliphatic heterocycles. The Labute approximate surface area is 135 Å². The van der Waals surface area contributed by atoms with Gasteiger partial charge in [0.1, 0.15) is 6.04 Å².